The third-order valence-electron chi connectivity index (χ3n) is 2.07. The van der Waals surface area contributed by atoms with Crippen molar-refractivity contribution in [3.8, 4) is 0 Å². The minimum absolute atomic E-state index is 0.0569. The summed E-state index contributed by atoms with van der Waals surface area (Å²) in [6.07, 6.45) is 0. The second-order valence-electron chi connectivity index (χ2n) is 3.52. The molecule has 0 radical (unpaired) electrons. The molecule has 0 aliphatic carbocycles. The molecule has 90 valence electrons. The van der Waals surface area contributed by atoms with Crippen molar-refractivity contribution in [1.82, 2.24) is 4.31 Å². The van der Waals surface area contributed by atoms with E-state index in [0.717, 1.165) is 0 Å². The van der Waals surface area contributed by atoms with Crippen molar-refractivity contribution in [2.24, 2.45) is 5.73 Å². The van der Waals surface area contributed by atoms with Gasteiger partial charge in [-0.1, -0.05) is 12.2 Å². The second kappa shape index (κ2) is 5.74. The van der Waals surface area contributed by atoms with Crippen molar-refractivity contribution in [1.29, 1.82) is 0 Å². The van der Waals surface area contributed by atoms with E-state index in [1.165, 1.54) is 11.2 Å². The molecule has 0 rings (SSSR count). The van der Waals surface area contributed by atoms with Crippen molar-refractivity contribution in [2.75, 3.05) is 13.2 Å². The molecule has 0 aromatic carbocycles. The van der Waals surface area contributed by atoms with Crippen LogP contribution in [0.5, 0.6) is 0 Å². The molecule has 0 spiro atoms. The molecule has 3 N–H and O–H groups in total. The largest absolute Gasteiger partial charge is 0.395 e. The van der Waals surface area contributed by atoms with E-state index in [0.29, 0.717) is 0 Å². The Hall–Kier alpha value is -0.240. The van der Waals surface area contributed by atoms with Gasteiger partial charge in [0.05, 0.1) is 11.6 Å². The number of hydrogen-bond acceptors (Lipinski definition) is 4. The lowest BCUT2D eigenvalue weighted by molar-refractivity contribution is 0.236. The quantitative estimate of drug-likeness (QED) is 0.635. The van der Waals surface area contributed by atoms with Gasteiger partial charge in [0.15, 0.2) is 0 Å². The SMILES string of the molecule is CC(C)N(CCO)S(=O)(=O)C(C)C(N)=S. The van der Waals surface area contributed by atoms with Crippen LogP contribution in [-0.4, -0.2) is 47.3 Å². The van der Waals surface area contributed by atoms with E-state index in [-0.39, 0.29) is 24.2 Å². The van der Waals surface area contributed by atoms with Crippen LogP contribution in [0.25, 0.3) is 0 Å². The van der Waals surface area contributed by atoms with E-state index in [9.17, 15) is 8.42 Å². The number of hydrogen-bond donors (Lipinski definition) is 2. The van der Waals surface area contributed by atoms with E-state index in [2.05, 4.69) is 12.2 Å². The summed E-state index contributed by atoms with van der Waals surface area (Å²) < 4.78 is 25.1. The topological polar surface area (TPSA) is 83.6 Å². The molecule has 0 aliphatic heterocycles. The fraction of sp³-hybridized carbons (Fsp3) is 0.875. The molecule has 0 aliphatic rings. The summed E-state index contributed by atoms with van der Waals surface area (Å²) in [5.41, 5.74) is 5.32. The maximum Gasteiger partial charge on any atom is 0.223 e. The zero-order valence-electron chi connectivity index (χ0n) is 9.17. The highest BCUT2D eigenvalue weighted by atomic mass is 32.2. The number of nitrogens with zero attached hydrogens (tertiary/aromatic N) is 1. The molecule has 0 fully saturated rings. The molecule has 1 atom stereocenters. The summed E-state index contributed by atoms with van der Waals surface area (Å²) in [5, 5.41) is 7.90. The summed E-state index contributed by atoms with van der Waals surface area (Å²) in [6, 6.07) is -0.223. The molecule has 0 aromatic rings. The van der Waals surface area contributed by atoms with Crippen molar-refractivity contribution < 1.29 is 13.5 Å². The zero-order chi connectivity index (χ0) is 12.2. The molecule has 0 heterocycles. The highest BCUT2D eigenvalue weighted by Crippen LogP contribution is 2.12. The maximum atomic E-state index is 12.0. The molecule has 0 aromatic heterocycles. The number of thiocarbonyl (C=S) groups is 1. The van der Waals surface area contributed by atoms with Crippen LogP contribution >= 0.6 is 12.2 Å². The lowest BCUT2D eigenvalue weighted by atomic mass is 10.4. The van der Waals surface area contributed by atoms with Crippen LogP contribution < -0.4 is 5.73 Å². The van der Waals surface area contributed by atoms with Gasteiger partial charge in [-0.15, -0.1) is 0 Å². The fourth-order valence-electron chi connectivity index (χ4n) is 1.13. The van der Waals surface area contributed by atoms with Crippen molar-refractivity contribution in [3.05, 3.63) is 0 Å². The molecular formula is C8H18N2O3S2. The van der Waals surface area contributed by atoms with E-state index >= 15 is 0 Å². The monoisotopic (exact) mass is 254 g/mol. The van der Waals surface area contributed by atoms with Gasteiger partial charge < -0.3 is 10.8 Å². The molecule has 0 bridgehead atoms. The third kappa shape index (κ3) is 3.67. The predicted molar refractivity (Wildman–Crippen MR) is 64.1 cm³/mol. The lowest BCUT2D eigenvalue weighted by Gasteiger charge is -2.27. The minimum atomic E-state index is -3.55. The summed E-state index contributed by atoms with van der Waals surface area (Å²) >= 11 is 4.67. The van der Waals surface area contributed by atoms with Crippen LogP contribution in [0.1, 0.15) is 20.8 Å². The summed E-state index contributed by atoms with van der Waals surface area (Å²) in [4.78, 5) is -0.0569. The van der Waals surface area contributed by atoms with Crippen molar-refractivity contribution in [2.45, 2.75) is 32.1 Å². The van der Waals surface area contributed by atoms with Crippen LogP contribution in [0, 0.1) is 0 Å². The Morgan fingerprint density at radius 1 is 1.47 bits per heavy atom. The van der Waals surface area contributed by atoms with E-state index in [1.54, 1.807) is 13.8 Å². The van der Waals surface area contributed by atoms with Gasteiger partial charge in [-0.2, -0.15) is 4.31 Å². The smallest absolute Gasteiger partial charge is 0.223 e. The van der Waals surface area contributed by atoms with Crippen LogP contribution in [0.2, 0.25) is 0 Å². The Balaban J connectivity index is 5.04. The lowest BCUT2D eigenvalue weighted by Crippen LogP contribution is -2.47. The highest BCUT2D eigenvalue weighted by molar-refractivity contribution is 7.92. The Morgan fingerprint density at radius 2 is 1.93 bits per heavy atom. The molecule has 15 heavy (non-hydrogen) atoms. The van der Waals surface area contributed by atoms with Gasteiger partial charge in [-0.25, -0.2) is 8.42 Å². The first-order chi connectivity index (χ1) is 6.75. The summed E-state index contributed by atoms with van der Waals surface area (Å²) in [7, 11) is -3.55. The average Bonchev–Trinajstić information content (AvgIpc) is 2.11. The van der Waals surface area contributed by atoms with Gasteiger partial charge in [-0.05, 0) is 20.8 Å². The first kappa shape index (κ1) is 14.8. The van der Waals surface area contributed by atoms with Crippen molar-refractivity contribution in [3.63, 3.8) is 0 Å². The molecular weight excluding hydrogens is 236 g/mol. The van der Waals surface area contributed by atoms with Gasteiger partial charge >= 0.3 is 0 Å². The first-order valence-corrected chi connectivity index (χ1v) is 6.57. The molecule has 0 saturated carbocycles. The van der Waals surface area contributed by atoms with Crippen LogP contribution in [0.3, 0.4) is 0 Å². The molecule has 0 saturated heterocycles. The Morgan fingerprint density at radius 3 is 2.20 bits per heavy atom. The number of nitrogens with two attached hydrogens (primary N) is 1. The summed E-state index contributed by atoms with van der Waals surface area (Å²) in [5.74, 6) is 0. The molecule has 0 amide bonds. The molecule has 7 heteroatoms. The van der Waals surface area contributed by atoms with Crippen LogP contribution in [0.15, 0.2) is 0 Å². The van der Waals surface area contributed by atoms with Crippen molar-refractivity contribution >= 4 is 27.2 Å². The molecule has 5 nitrogen and oxygen atoms in total. The van der Waals surface area contributed by atoms with Gasteiger partial charge in [0.25, 0.3) is 0 Å². The summed E-state index contributed by atoms with van der Waals surface area (Å²) in [6.45, 7) is 4.76. The van der Waals surface area contributed by atoms with Gasteiger partial charge in [-0.3, -0.25) is 0 Å². The normalized spacial score (nSPS) is 14.5. The Kier molecular flexibility index (Phi) is 5.65. The van der Waals surface area contributed by atoms with Gasteiger partial charge in [0, 0.05) is 12.6 Å². The molecule has 1 unspecified atom stereocenters. The van der Waals surface area contributed by atoms with Crippen LogP contribution in [-0.2, 0) is 10.0 Å². The minimum Gasteiger partial charge on any atom is -0.395 e. The van der Waals surface area contributed by atoms with Gasteiger partial charge in [0.1, 0.15) is 5.25 Å². The van der Waals surface area contributed by atoms with E-state index in [1.807, 2.05) is 0 Å². The standard InChI is InChI=1S/C8H18N2O3S2/c1-6(2)10(4-5-11)15(12,13)7(3)8(9)14/h6-7,11H,4-5H2,1-3H3,(H2,9,14). The average molecular weight is 254 g/mol. The van der Waals surface area contributed by atoms with E-state index < -0.39 is 15.3 Å². The maximum absolute atomic E-state index is 12.0. The number of rotatable bonds is 6. The third-order valence-corrected chi connectivity index (χ3v) is 4.98. The number of sulfonamides is 1. The zero-order valence-corrected chi connectivity index (χ0v) is 10.8. The van der Waals surface area contributed by atoms with Crippen LogP contribution in [0.4, 0.5) is 0 Å². The number of aliphatic hydroxyl groups is 1. The highest BCUT2D eigenvalue weighted by Gasteiger charge is 2.31. The number of aliphatic hydroxyl groups excluding tert-OH is 1. The Bertz CT molecular complexity index is 314. The van der Waals surface area contributed by atoms with E-state index in [4.69, 9.17) is 10.8 Å². The Labute approximate surface area is 96.3 Å². The fourth-order valence-corrected chi connectivity index (χ4v) is 3.12. The van der Waals surface area contributed by atoms with Gasteiger partial charge in [0.2, 0.25) is 10.0 Å². The second-order valence-corrected chi connectivity index (χ2v) is 6.20. The first-order valence-electron chi connectivity index (χ1n) is 4.66. The predicted octanol–water partition coefficient (Wildman–Crippen LogP) is -0.306.